The van der Waals surface area contributed by atoms with E-state index in [4.69, 9.17) is 0 Å². The summed E-state index contributed by atoms with van der Waals surface area (Å²) in [4.78, 5) is 10.0. The van der Waals surface area contributed by atoms with Crippen LogP contribution in [0, 0.1) is 0 Å². The summed E-state index contributed by atoms with van der Waals surface area (Å²) in [7, 11) is 4.33. The van der Waals surface area contributed by atoms with Gasteiger partial charge in [-0.3, -0.25) is 0 Å². The lowest BCUT2D eigenvalue weighted by Gasteiger charge is -2.10. The minimum absolute atomic E-state index is 0.912. The average molecular weight is 310 g/mol. The minimum Gasteiger partial charge on any atom is -0.369 e. The molecule has 0 aliphatic rings. The van der Waals surface area contributed by atoms with E-state index in [0.29, 0.717) is 0 Å². The van der Waals surface area contributed by atoms with Gasteiger partial charge in [0.05, 0.1) is 26.2 Å². The normalized spacial score (nSPS) is 11.1. The van der Waals surface area contributed by atoms with E-state index >= 15 is 0 Å². The molecule has 96 valence electrons. The van der Waals surface area contributed by atoms with Crippen molar-refractivity contribution in [2.75, 3.05) is 32.5 Å². The van der Waals surface area contributed by atoms with Crippen molar-refractivity contribution in [1.29, 1.82) is 0 Å². The summed E-state index contributed by atoms with van der Waals surface area (Å²) in [6, 6.07) is 6.04. The molecule has 0 unspecified atom stereocenters. The van der Waals surface area contributed by atoms with Crippen molar-refractivity contribution in [3.63, 3.8) is 0 Å². The number of benzene rings is 1. The molecule has 0 aliphatic heterocycles. The molecule has 0 radical (unpaired) electrons. The molecule has 18 heavy (non-hydrogen) atoms. The van der Waals surface area contributed by atoms with Crippen molar-refractivity contribution in [3.8, 4) is 0 Å². The van der Waals surface area contributed by atoms with Gasteiger partial charge in [0.2, 0.25) is 0 Å². The molecule has 4 nitrogen and oxygen atoms in total. The Morgan fingerprint density at radius 2 is 2.11 bits per heavy atom. The number of hydrogen-bond acceptors (Lipinski definition) is 3. The number of fused-ring (bicyclic) bond motifs is 1. The Kier molecular flexibility index (Phi) is 4.49. The maximum atomic E-state index is 4.31. The minimum atomic E-state index is 0.912. The van der Waals surface area contributed by atoms with Crippen LogP contribution in [-0.2, 0) is 0 Å². The van der Waals surface area contributed by atoms with Gasteiger partial charge in [-0.25, -0.2) is 9.97 Å². The first-order valence-electron chi connectivity index (χ1n) is 6.10. The summed E-state index contributed by atoms with van der Waals surface area (Å²) in [5, 5.41) is 4.44. The van der Waals surface area contributed by atoms with Crippen LogP contribution in [0.4, 0.5) is 5.82 Å². The number of anilines is 1. The van der Waals surface area contributed by atoms with Crippen LogP contribution in [0.5, 0.6) is 0 Å². The number of nitrogens with one attached hydrogen (secondary N) is 2. The molecule has 0 saturated heterocycles. The zero-order chi connectivity index (χ0) is 13.0. The molecule has 0 fully saturated rings. The third-order valence-electron chi connectivity index (χ3n) is 2.74. The fourth-order valence-corrected chi connectivity index (χ4v) is 2.18. The molecule has 2 N–H and O–H groups in total. The predicted molar refractivity (Wildman–Crippen MR) is 78.0 cm³/mol. The van der Waals surface area contributed by atoms with Gasteiger partial charge in [0.25, 0.3) is 0 Å². The number of quaternary nitrogens is 1. The molecule has 2 aromatic rings. The molecule has 0 atom stereocenters. The third kappa shape index (κ3) is 3.40. The standard InChI is InChI=1S/C13H17BrN4/c1-18(2)7-3-6-15-13-11-8-10(14)4-5-12(11)16-9-17-13/h4-5,8-9H,3,6-7H2,1-2H3,(H,15,16,17)/p+1. The molecule has 1 aromatic carbocycles. The Balaban J connectivity index is 2.10. The quantitative estimate of drug-likeness (QED) is 0.819. The van der Waals surface area contributed by atoms with Crippen LogP contribution in [-0.4, -0.2) is 37.2 Å². The molecule has 0 bridgehead atoms. The number of aromatic nitrogens is 2. The molecule has 0 saturated carbocycles. The van der Waals surface area contributed by atoms with Gasteiger partial charge < -0.3 is 10.2 Å². The Hall–Kier alpha value is -1.20. The zero-order valence-electron chi connectivity index (χ0n) is 10.7. The van der Waals surface area contributed by atoms with E-state index in [1.807, 2.05) is 12.1 Å². The maximum absolute atomic E-state index is 4.31. The molecule has 1 heterocycles. The molecule has 0 aliphatic carbocycles. The van der Waals surface area contributed by atoms with Crippen molar-refractivity contribution in [2.24, 2.45) is 0 Å². The third-order valence-corrected chi connectivity index (χ3v) is 3.24. The zero-order valence-corrected chi connectivity index (χ0v) is 12.3. The van der Waals surface area contributed by atoms with Crippen LogP contribution in [0.15, 0.2) is 29.0 Å². The number of halogens is 1. The lowest BCUT2D eigenvalue weighted by Crippen LogP contribution is -3.05. The van der Waals surface area contributed by atoms with Crippen molar-refractivity contribution in [3.05, 3.63) is 29.0 Å². The Morgan fingerprint density at radius 1 is 1.28 bits per heavy atom. The lowest BCUT2D eigenvalue weighted by atomic mass is 10.2. The van der Waals surface area contributed by atoms with Crippen molar-refractivity contribution >= 4 is 32.7 Å². The first kappa shape index (κ1) is 13.2. The summed E-state index contributed by atoms with van der Waals surface area (Å²) in [6.45, 7) is 2.09. The van der Waals surface area contributed by atoms with Crippen LogP contribution in [0.25, 0.3) is 10.9 Å². The Labute approximate surface area is 116 Å². The van der Waals surface area contributed by atoms with Crippen molar-refractivity contribution in [1.82, 2.24) is 9.97 Å². The van der Waals surface area contributed by atoms with Crippen LogP contribution < -0.4 is 10.2 Å². The number of rotatable bonds is 5. The lowest BCUT2D eigenvalue weighted by molar-refractivity contribution is -0.858. The van der Waals surface area contributed by atoms with E-state index in [1.54, 1.807) is 6.33 Å². The highest BCUT2D eigenvalue weighted by Crippen LogP contribution is 2.23. The summed E-state index contributed by atoms with van der Waals surface area (Å²) in [5.41, 5.74) is 0.967. The SMILES string of the molecule is C[NH+](C)CCCNc1ncnc2ccc(Br)cc12. The first-order valence-corrected chi connectivity index (χ1v) is 6.89. The molecule has 1 aromatic heterocycles. The summed E-state index contributed by atoms with van der Waals surface area (Å²) >= 11 is 3.48. The molecule has 2 rings (SSSR count). The highest BCUT2D eigenvalue weighted by Gasteiger charge is 2.03. The molecule has 0 spiro atoms. The fraction of sp³-hybridized carbons (Fsp3) is 0.385. The molecular weight excluding hydrogens is 292 g/mol. The van der Waals surface area contributed by atoms with Gasteiger partial charge in [-0.1, -0.05) is 15.9 Å². The van der Waals surface area contributed by atoms with Gasteiger partial charge in [-0.2, -0.15) is 0 Å². The molecule has 0 amide bonds. The van der Waals surface area contributed by atoms with Gasteiger partial charge in [-0.05, 0) is 18.2 Å². The summed E-state index contributed by atoms with van der Waals surface area (Å²) in [5.74, 6) is 0.912. The van der Waals surface area contributed by atoms with Gasteiger partial charge in [0.15, 0.2) is 0 Å². The summed E-state index contributed by atoms with van der Waals surface area (Å²) in [6.07, 6.45) is 2.73. The summed E-state index contributed by atoms with van der Waals surface area (Å²) < 4.78 is 1.05. The number of hydrogen-bond donors (Lipinski definition) is 2. The monoisotopic (exact) mass is 309 g/mol. The molecular formula is C13H18BrN4+. The van der Waals surface area contributed by atoms with Gasteiger partial charge in [-0.15, -0.1) is 0 Å². The molecule has 5 heteroatoms. The second-order valence-corrected chi connectivity index (χ2v) is 5.54. The topological polar surface area (TPSA) is 42.2 Å². The van der Waals surface area contributed by atoms with Crippen molar-refractivity contribution in [2.45, 2.75) is 6.42 Å². The van der Waals surface area contributed by atoms with Crippen LogP contribution in [0.2, 0.25) is 0 Å². The Morgan fingerprint density at radius 3 is 2.89 bits per heavy atom. The van der Waals surface area contributed by atoms with E-state index < -0.39 is 0 Å². The van der Waals surface area contributed by atoms with E-state index in [9.17, 15) is 0 Å². The van der Waals surface area contributed by atoms with Crippen LogP contribution in [0.3, 0.4) is 0 Å². The van der Waals surface area contributed by atoms with Gasteiger partial charge in [0.1, 0.15) is 12.1 Å². The van der Waals surface area contributed by atoms with Crippen molar-refractivity contribution < 1.29 is 4.90 Å². The second-order valence-electron chi connectivity index (χ2n) is 4.62. The van der Waals surface area contributed by atoms with E-state index in [-0.39, 0.29) is 0 Å². The fourth-order valence-electron chi connectivity index (χ4n) is 1.82. The maximum Gasteiger partial charge on any atom is 0.137 e. The first-order chi connectivity index (χ1) is 8.66. The Bertz CT molecular complexity index is 527. The predicted octanol–water partition coefficient (Wildman–Crippen LogP) is 1.34. The highest BCUT2D eigenvalue weighted by molar-refractivity contribution is 9.10. The second kappa shape index (κ2) is 6.11. The van der Waals surface area contributed by atoms with Crippen LogP contribution in [0.1, 0.15) is 6.42 Å². The van der Waals surface area contributed by atoms with Gasteiger partial charge in [0, 0.05) is 22.8 Å². The average Bonchev–Trinajstić information content (AvgIpc) is 2.34. The highest BCUT2D eigenvalue weighted by atomic mass is 79.9. The van der Waals surface area contributed by atoms with E-state index in [0.717, 1.165) is 40.7 Å². The van der Waals surface area contributed by atoms with E-state index in [2.05, 4.69) is 51.4 Å². The van der Waals surface area contributed by atoms with Crippen LogP contribution >= 0.6 is 15.9 Å². The largest absolute Gasteiger partial charge is 0.369 e. The van der Waals surface area contributed by atoms with Gasteiger partial charge >= 0.3 is 0 Å². The number of nitrogens with zero attached hydrogens (tertiary/aromatic N) is 2. The van der Waals surface area contributed by atoms with E-state index in [1.165, 1.54) is 4.90 Å². The smallest absolute Gasteiger partial charge is 0.137 e.